The Morgan fingerprint density at radius 3 is 2.88 bits per heavy atom. The molecule has 1 atom stereocenters. The standard InChI is InChI=1S/C9H17ClN2O3S/c1-8(5-10)7-16(14,15)12-4-2-3-11-9(13)6-12/h8H,2-7H2,1H3,(H,11,13). The van der Waals surface area contributed by atoms with Gasteiger partial charge >= 0.3 is 0 Å². The molecule has 94 valence electrons. The maximum atomic E-state index is 11.9. The van der Waals surface area contributed by atoms with E-state index in [-0.39, 0.29) is 24.1 Å². The van der Waals surface area contributed by atoms with Crippen molar-refractivity contribution in [2.45, 2.75) is 13.3 Å². The van der Waals surface area contributed by atoms with Gasteiger partial charge in [0.25, 0.3) is 0 Å². The Hall–Kier alpha value is -0.330. The largest absolute Gasteiger partial charge is 0.355 e. The van der Waals surface area contributed by atoms with Crippen molar-refractivity contribution in [1.29, 1.82) is 0 Å². The van der Waals surface area contributed by atoms with Crippen LogP contribution in [-0.2, 0) is 14.8 Å². The highest BCUT2D eigenvalue weighted by molar-refractivity contribution is 7.89. The van der Waals surface area contributed by atoms with Gasteiger partial charge in [-0.25, -0.2) is 8.42 Å². The molecule has 1 aliphatic rings. The quantitative estimate of drug-likeness (QED) is 0.731. The predicted molar refractivity (Wildman–Crippen MR) is 62.9 cm³/mol. The molecule has 7 heteroatoms. The molecule has 1 rings (SSSR count). The third kappa shape index (κ3) is 3.92. The zero-order chi connectivity index (χ0) is 12.2. The number of nitrogens with zero attached hydrogens (tertiary/aromatic N) is 1. The Labute approximate surface area is 101 Å². The van der Waals surface area contributed by atoms with E-state index in [0.717, 1.165) is 0 Å². The number of hydrogen-bond donors (Lipinski definition) is 1. The van der Waals surface area contributed by atoms with Crippen LogP contribution in [-0.4, -0.2) is 49.9 Å². The Morgan fingerprint density at radius 2 is 2.25 bits per heavy atom. The smallest absolute Gasteiger partial charge is 0.235 e. The minimum Gasteiger partial charge on any atom is -0.355 e. The molecule has 1 aliphatic heterocycles. The summed E-state index contributed by atoms with van der Waals surface area (Å²) in [6.07, 6.45) is 0.653. The zero-order valence-corrected chi connectivity index (χ0v) is 10.9. The van der Waals surface area contributed by atoms with Gasteiger partial charge in [-0.3, -0.25) is 4.79 Å². The topological polar surface area (TPSA) is 66.5 Å². The normalized spacial score (nSPS) is 21.2. The number of amides is 1. The number of halogens is 1. The molecular weight excluding hydrogens is 252 g/mol. The Balaban J connectivity index is 2.69. The highest BCUT2D eigenvalue weighted by Gasteiger charge is 2.27. The fourth-order valence-electron chi connectivity index (χ4n) is 1.53. The summed E-state index contributed by atoms with van der Waals surface area (Å²) >= 11 is 5.60. The van der Waals surface area contributed by atoms with Crippen LogP contribution in [0.3, 0.4) is 0 Å². The summed E-state index contributed by atoms with van der Waals surface area (Å²) in [4.78, 5) is 11.3. The maximum Gasteiger partial charge on any atom is 0.235 e. The second-order valence-corrected chi connectivity index (χ2v) is 6.40. The molecule has 1 N–H and O–H groups in total. The molecule has 5 nitrogen and oxygen atoms in total. The van der Waals surface area contributed by atoms with Gasteiger partial charge in [-0.1, -0.05) is 6.92 Å². The summed E-state index contributed by atoms with van der Waals surface area (Å²) in [5, 5.41) is 2.64. The number of rotatable bonds is 4. The van der Waals surface area contributed by atoms with Crippen molar-refractivity contribution in [3.63, 3.8) is 0 Å². The molecule has 0 radical (unpaired) electrons. The van der Waals surface area contributed by atoms with E-state index in [4.69, 9.17) is 11.6 Å². The molecule has 1 saturated heterocycles. The van der Waals surface area contributed by atoms with E-state index in [1.807, 2.05) is 0 Å². The molecular formula is C9H17ClN2O3S. The number of carbonyl (C=O) groups is 1. The van der Waals surface area contributed by atoms with E-state index in [1.54, 1.807) is 6.92 Å². The molecule has 1 heterocycles. The number of carbonyl (C=O) groups excluding carboxylic acids is 1. The highest BCUT2D eigenvalue weighted by Crippen LogP contribution is 2.10. The van der Waals surface area contributed by atoms with Gasteiger partial charge in [0.05, 0.1) is 12.3 Å². The van der Waals surface area contributed by atoms with E-state index in [1.165, 1.54) is 4.31 Å². The van der Waals surface area contributed by atoms with E-state index in [0.29, 0.717) is 25.4 Å². The van der Waals surface area contributed by atoms with Crippen molar-refractivity contribution in [2.75, 3.05) is 31.3 Å². The first-order chi connectivity index (χ1) is 7.45. The second-order valence-electron chi connectivity index (χ2n) is 4.08. The lowest BCUT2D eigenvalue weighted by Gasteiger charge is -2.20. The van der Waals surface area contributed by atoms with E-state index >= 15 is 0 Å². The van der Waals surface area contributed by atoms with Crippen molar-refractivity contribution in [3.8, 4) is 0 Å². The number of hydrogen-bond acceptors (Lipinski definition) is 3. The van der Waals surface area contributed by atoms with Crippen molar-refractivity contribution in [1.82, 2.24) is 9.62 Å². The summed E-state index contributed by atoms with van der Waals surface area (Å²) in [5.74, 6) is -0.0270. The average molecular weight is 269 g/mol. The predicted octanol–water partition coefficient (Wildman–Crippen LogP) is 0.0130. The minimum absolute atomic E-state index is 0.00375. The molecule has 0 aliphatic carbocycles. The summed E-state index contributed by atoms with van der Waals surface area (Å²) in [7, 11) is -3.36. The van der Waals surface area contributed by atoms with Crippen LogP contribution < -0.4 is 5.32 Å². The van der Waals surface area contributed by atoms with Gasteiger partial charge < -0.3 is 5.32 Å². The van der Waals surface area contributed by atoms with Crippen LogP contribution in [0, 0.1) is 5.92 Å². The van der Waals surface area contributed by atoms with Gasteiger partial charge in [0.15, 0.2) is 0 Å². The van der Waals surface area contributed by atoms with Crippen molar-refractivity contribution in [3.05, 3.63) is 0 Å². The Kier molecular flexibility index (Phi) is 5.01. The number of alkyl halides is 1. The monoisotopic (exact) mass is 268 g/mol. The summed E-state index contributed by atoms with van der Waals surface area (Å²) in [6.45, 7) is 2.64. The molecule has 1 amide bonds. The van der Waals surface area contributed by atoms with Gasteiger partial charge in [-0.15, -0.1) is 11.6 Å². The van der Waals surface area contributed by atoms with Crippen LogP contribution in [0.5, 0.6) is 0 Å². The van der Waals surface area contributed by atoms with Gasteiger partial charge in [-0.05, 0) is 12.3 Å². The van der Waals surface area contributed by atoms with Crippen molar-refractivity contribution >= 4 is 27.5 Å². The lowest BCUT2D eigenvalue weighted by atomic mass is 10.3. The van der Waals surface area contributed by atoms with Gasteiger partial charge in [0.2, 0.25) is 15.9 Å². The minimum atomic E-state index is -3.36. The number of sulfonamides is 1. The van der Waals surface area contributed by atoms with Crippen LogP contribution in [0.1, 0.15) is 13.3 Å². The molecule has 16 heavy (non-hydrogen) atoms. The molecule has 0 aromatic rings. The second kappa shape index (κ2) is 5.84. The fraction of sp³-hybridized carbons (Fsp3) is 0.889. The van der Waals surface area contributed by atoms with Crippen LogP contribution in [0.2, 0.25) is 0 Å². The van der Waals surface area contributed by atoms with E-state index < -0.39 is 10.0 Å². The van der Waals surface area contributed by atoms with Crippen molar-refractivity contribution < 1.29 is 13.2 Å². The average Bonchev–Trinajstić information content (AvgIpc) is 2.42. The van der Waals surface area contributed by atoms with E-state index in [9.17, 15) is 13.2 Å². The first-order valence-corrected chi connectivity index (χ1v) is 7.40. The molecule has 1 fully saturated rings. The van der Waals surface area contributed by atoms with Crippen LogP contribution in [0.15, 0.2) is 0 Å². The molecule has 0 aromatic heterocycles. The third-order valence-corrected chi connectivity index (χ3v) is 4.99. The lowest BCUT2D eigenvalue weighted by Crippen LogP contribution is -2.39. The van der Waals surface area contributed by atoms with Crippen molar-refractivity contribution in [2.24, 2.45) is 5.92 Å². The van der Waals surface area contributed by atoms with Crippen LogP contribution >= 0.6 is 11.6 Å². The molecule has 0 saturated carbocycles. The molecule has 0 aromatic carbocycles. The summed E-state index contributed by atoms with van der Waals surface area (Å²) in [5.41, 5.74) is 0. The lowest BCUT2D eigenvalue weighted by molar-refractivity contribution is -0.120. The Bertz CT molecular complexity index is 345. The molecule has 0 spiro atoms. The first-order valence-electron chi connectivity index (χ1n) is 5.26. The zero-order valence-electron chi connectivity index (χ0n) is 9.28. The SMILES string of the molecule is CC(CCl)CS(=O)(=O)N1CCCNC(=O)C1. The summed E-state index contributed by atoms with van der Waals surface area (Å²) in [6, 6.07) is 0. The summed E-state index contributed by atoms with van der Waals surface area (Å²) < 4.78 is 25.1. The first kappa shape index (κ1) is 13.7. The van der Waals surface area contributed by atoms with Crippen LogP contribution in [0.4, 0.5) is 0 Å². The molecule has 0 bridgehead atoms. The number of nitrogens with one attached hydrogen (secondary N) is 1. The van der Waals surface area contributed by atoms with Gasteiger partial charge in [0.1, 0.15) is 0 Å². The maximum absolute atomic E-state index is 11.9. The van der Waals surface area contributed by atoms with Crippen LogP contribution in [0.25, 0.3) is 0 Å². The Morgan fingerprint density at radius 1 is 1.56 bits per heavy atom. The highest BCUT2D eigenvalue weighted by atomic mass is 35.5. The van der Waals surface area contributed by atoms with E-state index in [2.05, 4.69) is 5.32 Å². The van der Waals surface area contributed by atoms with Gasteiger partial charge in [-0.2, -0.15) is 4.31 Å². The van der Waals surface area contributed by atoms with Gasteiger partial charge in [0, 0.05) is 19.0 Å². The fourth-order valence-corrected chi connectivity index (χ4v) is 3.53. The molecule has 1 unspecified atom stereocenters. The third-order valence-electron chi connectivity index (χ3n) is 2.38.